The van der Waals surface area contributed by atoms with Crippen molar-refractivity contribution >= 4 is 11.9 Å². The van der Waals surface area contributed by atoms with Gasteiger partial charge in [-0.2, -0.15) is 0 Å². The van der Waals surface area contributed by atoms with Gasteiger partial charge in [-0.15, -0.1) is 0 Å². The summed E-state index contributed by atoms with van der Waals surface area (Å²) < 4.78 is 0. The molecular formula is C17H25N3O3. The monoisotopic (exact) mass is 319 g/mol. The van der Waals surface area contributed by atoms with Crippen LogP contribution < -0.4 is 0 Å². The van der Waals surface area contributed by atoms with E-state index in [0.717, 1.165) is 25.9 Å². The number of carbonyl (C=O) groups excluding carboxylic acids is 1. The van der Waals surface area contributed by atoms with Crippen LogP contribution in [0.5, 0.6) is 0 Å². The molecule has 1 aliphatic heterocycles. The van der Waals surface area contributed by atoms with Crippen LogP contribution in [0, 0.1) is 5.92 Å². The van der Waals surface area contributed by atoms with Crippen LogP contribution in [0.1, 0.15) is 38.3 Å². The van der Waals surface area contributed by atoms with E-state index in [-0.39, 0.29) is 11.8 Å². The van der Waals surface area contributed by atoms with Gasteiger partial charge in [0.05, 0.1) is 0 Å². The Bertz CT molecular complexity index is 539. The fourth-order valence-electron chi connectivity index (χ4n) is 3.15. The molecule has 126 valence electrons. The van der Waals surface area contributed by atoms with Crippen LogP contribution in [0.3, 0.4) is 0 Å². The van der Waals surface area contributed by atoms with Crippen LogP contribution in [-0.2, 0) is 9.59 Å². The molecule has 0 aromatic carbocycles. The molecule has 1 aromatic rings. The lowest BCUT2D eigenvalue weighted by Crippen LogP contribution is -2.45. The van der Waals surface area contributed by atoms with Gasteiger partial charge in [0, 0.05) is 37.0 Å². The first-order valence-electron chi connectivity index (χ1n) is 8.05. The van der Waals surface area contributed by atoms with Crippen molar-refractivity contribution in [3.05, 3.63) is 30.1 Å². The summed E-state index contributed by atoms with van der Waals surface area (Å²) in [6.07, 6.45) is 4.65. The van der Waals surface area contributed by atoms with Gasteiger partial charge in [0.1, 0.15) is 0 Å². The Labute approximate surface area is 137 Å². The van der Waals surface area contributed by atoms with Gasteiger partial charge < -0.3 is 14.9 Å². The second-order valence-electron chi connectivity index (χ2n) is 6.38. The predicted molar refractivity (Wildman–Crippen MR) is 86.8 cm³/mol. The van der Waals surface area contributed by atoms with Crippen LogP contribution in [0.25, 0.3) is 0 Å². The van der Waals surface area contributed by atoms with Gasteiger partial charge in [-0.1, -0.05) is 6.07 Å². The van der Waals surface area contributed by atoms with E-state index < -0.39 is 12.0 Å². The van der Waals surface area contributed by atoms with Crippen LogP contribution in [0.2, 0.25) is 0 Å². The zero-order valence-corrected chi connectivity index (χ0v) is 14.0. The molecule has 1 amide bonds. The van der Waals surface area contributed by atoms with Crippen LogP contribution >= 0.6 is 0 Å². The molecule has 2 rings (SSSR count). The number of aromatic nitrogens is 1. The van der Waals surface area contributed by atoms with Crippen LogP contribution in [0.4, 0.5) is 0 Å². The van der Waals surface area contributed by atoms with E-state index in [9.17, 15) is 14.7 Å². The molecule has 1 atom stereocenters. The average Bonchev–Trinajstić information content (AvgIpc) is 2.55. The third-order valence-electron chi connectivity index (χ3n) is 4.58. The first kappa shape index (κ1) is 17.4. The second-order valence-corrected chi connectivity index (χ2v) is 6.38. The summed E-state index contributed by atoms with van der Waals surface area (Å²) in [6.45, 7) is 6.06. The van der Waals surface area contributed by atoms with E-state index in [1.54, 1.807) is 25.4 Å². The Morgan fingerprint density at radius 3 is 2.48 bits per heavy atom. The predicted octanol–water partition coefficient (Wildman–Crippen LogP) is 1.79. The fraction of sp³-hybridized carbons (Fsp3) is 0.588. The van der Waals surface area contributed by atoms with Crippen LogP contribution in [0.15, 0.2) is 24.5 Å². The standard InChI is InChI=1S/C17H25N3O3/c1-12(2)20-9-6-13(7-10-20)16(21)19(3)15(17(22)23)14-5-4-8-18-11-14/h4-5,8,11-13,15H,6-7,9-10H2,1-3H3,(H,22,23)/t15-/m0/s1. The highest BCUT2D eigenvalue weighted by Gasteiger charge is 2.34. The van der Waals surface area contributed by atoms with Crippen molar-refractivity contribution in [2.75, 3.05) is 20.1 Å². The summed E-state index contributed by atoms with van der Waals surface area (Å²) in [6, 6.07) is 2.87. The molecular weight excluding hydrogens is 294 g/mol. The lowest BCUT2D eigenvalue weighted by atomic mass is 9.93. The molecule has 1 aromatic heterocycles. The number of rotatable bonds is 5. The largest absolute Gasteiger partial charge is 0.479 e. The summed E-state index contributed by atoms with van der Waals surface area (Å²) in [7, 11) is 1.57. The Morgan fingerprint density at radius 2 is 2.00 bits per heavy atom. The molecule has 6 heteroatoms. The minimum Gasteiger partial charge on any atom is -0.479 e. The van der Waals surface area contributed by atoms with Gasteiger partial charge in [0.25, 0.3) is 0 Å². The number of carbonyl (C=O) groups is 2. The van der Waals surface area contributed by atoms with Gasteiger partial charge in [-0.3, -0.25) is 9.78 Å². The molecule has 0 spiro atoms. The van der Waals surface area contributed by atoms with Crippen molar-refractivity contribution in [2.45, 2.75) is 38.8 Å². The zero-order chi connectivity index (χ0) is 17.0. The summed E-state index contributed by atoms with van der Waals surface area (Å²) in [5, 5.41) is 9.53. The lowest BCUT2D eigenvalue weighted by molar-refractivity contribution is -0.151. The number of pyridine rings is 1. The third kappa shape index (κ3) is 4.07. The molecule has 23 heavy (non-hydrogen) atoms. The Morgan fingerprint density at radius 1 is 1.35 bits per heavy atom. The number of carboxylic acid groups (broad SMARTS) is 1. The molecule has 1 fully saturated rings. The Kier molecular flexibility index (Phi) is 5.71. The highest BCUT2D eigenvalue weighted by atomic mass is 16.4. The molecule has 1 N–H and O–H groups in total. The molecule has 0 radical (unpaired) electrons. The summed E-state index contributed by atoms with van der Waals surface area (Å²) in [5.74, 6) is -1.23. The maximum atomic E-state index is 12.7. The van der Waals surface area contributed by atoms with E-state index in [2.05, 4.69) is 23.7 Å². The number of piperidine rings is 1. The highest BCUT2D eigenvalue weighted by molar-refractivity contribution is 5.85. The Hall–Kier alpha value is -1.95. The van der Waals surface area contributed by atoms with E-state index in [1.807, 2.05) is 0 Å². The molecule has 1 aliphatic rings. The first-order valence-corrected chi connectivity index (χ1v) is 8.05. The normalized spacial score (nSPS) is 17.9. The number of likely N-dealkylation sites (tertiary alicyclic amines) is 1. The number of likely N-dealkylation sites (N-methyl/N-ethyl adjacent to an activating group) is 1. The van der Waals surface area contributed by atoms with Crippen molar-refractivity contribution in [3.63, 3.8) is 0 Å². The number of amides is 1. The smallest absolute Gasteiger partial charge is 0.331 e. The number of hydrogen-bond donors (Lipinski definition) is 1. The SMILES string of the molecule is CC(C)N1CCC(C(=O)N(C)[C@H](C(=O)O)c2cccnc2)CC1. The van der Waals surface area contributed by atoms with E-state index >= 15 is 0 Å². The minimum absolute atomic E-state index is 0.0929. The van der Waals surface area contributed by atoms with Gasteiger partial charge in [0.2, 0.25) is 5.91 Å². The summed E-state index contributed by atoms with van der Waals surface area (Å²) in [4.78, 5) is 32.0. The number of aliphatic carboxylic acids is 1. The quantitative estimate of drug-likeness (QED) is 0.895. The highest BCUT2D eigenvalue weighted by Crippen LogP contribution is 2.26. The maximum absolute atomic E-state index is 12.7. The van der Waals surface area contributed by atoms with Crippen LogP contribution in [-0.4, -0.2) is 57.9 Å². The van der Waals surface area contributed by atoms with Crippen molar-refractivity contribution in [3.8, 4) is 0 Å². The number of carboxylic acids is 1. The average molecular weight is 319 g/mol. The molecule has 0 unspecified atom stereocenters. The number of hydrogen-bond acceptors (Lipinski definition) is 4. The molecule has 1 saturated heterocycles. The first-order chi connectivity index (χ1) is 10.9. The topological polar surface area (TPSA) is 73.7 Å². The van der Waals surface area contributed by atoms with Gasteiger partial charge in [-0.05, 0) is 45.8 Å². The minimum atomic E-state index is -1.03. The Balaban J connectivity index is 2.07. The summed E-state index contributed by atoms with van der Waals surface area (Å²) >= 11 is 0. The zero-order valence-electron chi connectivity index (χ0n) is 14.0. The van der Waals surface area contributed by atoms with Crippen molar-refractivity contribution in [1.29, 1.82) is 0 Å². The van der Waals surface area contributed by atoms with E-state index in [0.29, 0.717) is 11.6 Å². The van der Waals surface area contributed by atoms with Crippen molar-refractivity contribution in [2.24, 2.45) is 5.92 Å². The lowest BCUT2D eigenvalue weighted by Gasteiger charge is -2.36. The van der Waals surface area contributed by atoms with Gasteiger partial charge in [-0.25, -0.2) is 4.79 Å². The number of nitrogens with zero attached hydrogens (tertiary/aromatic N) is 3. The van der Waals surface area contributed by atoms with Gasteiger partial charge >= 0.3 is 5.97 Å². The summed E-state index contributed by atoms with van der Waals surface area (Å²) in [5.41, 5.74) is 0.524. The second kappa shape index (κ2) is 7.55. The van der Waals surface area contributed by atoms with E-state index in [4.69, 9.17) is 0 Å². The van der Waals surface area contributed by atoms with E-state index in [1.165, 1.54) is 11.1 Å². The maximum Gasteiger partial charge on any atom is 0.331 e. The van der Waals surface area contributed by atoms with Crippen molar-refractivity contribution < 1.29 is 14.7 Å². The molecule has 2 heterocycles. The van der Waals surface area contributed by atoms with Crippen molar-refractivity contribution in [1.82, 2.24) is 14.8 Å². The fourth-order valence-corrected chi connectivity index (χ4v) is 3.15. The molecule has 0 aliphatic carbocycles. The molecule has 6 nitrogen and oxygen atoms in total. The molecule has 0 saturated carbocycles. The third-order valence-corrected chi connectivity index (χ3v) is 4.58. The molecule has 0 bridgehead atoms. The van der Waals surface area contributed by atoms with Gasteiger partial charge in [0.15, 0.2) is 6.04 Å².